The molecule has 2 rings (SSSR count). The number of esters is 1. The Morgan fingerprint density at radius 2 is 1.61 bits per heavy atom. The van der Waals surface area contributed by atoms with Gasteiger partial charge in [0, 0.05) is 13.0 Å². The number of rotatable bonds is 10. The number of hydrogen-bond acceptors (Lipinski definition) is 8. The highest BCUT2D eigenvalue weighted by Gasteiger charge is 2.20. The minimum atomic E-state index is -0.699. The van der Waals surface area contributed by atoms with E-state index in [2.05, 4.69) is 9.89 Å². The summed E-state index contributed by atoms with van der Waals surface area (Å²) >= 11 is 0. The Morgan fingerprint density at radius 1 is 1.00 bits per heavy atom. The lowest BCUT2D eigenvalue weighted by molar-refractivity contribution is -0.141. The van der Waals surface area contributed by atoms with Gasteiger partial charge in [-0.3, -0.25) is 9.69 Å². The van der Waals surface area contributed by atoms with E-state index in [0.29, 0.717) is 17.2 Å². The van der Waals surface area contributed by atoms with Gasteiger partial charge in [0.1, 0.15) is 29.6 Å². The largest absolute Gasteiger partial charge is 0.497 e. The van der Waals surface area contributed by atoms with Crippen molar-refractivity contribution in [2.75, 3.05) is 27.4 Å². The first-order valence-electron chi connectivity index (χ1n) is 9.31. The molecule has 0 heterocycles. The molecule has 0 unspecified atom stereocenters. The molecule has 0 bridgehead atoms. The highest BCUT2D eigenvalue weighted by molar-refractivity contribution is 5.80. The van der Waals surface area contributed by atoms with Crippen LogP contribution in [0.3, 0.4) is 0 Å². The Morgan fingerprint density at radius 3 is 2.19 bits per heavy atom. The van der Waals surface area contributed by atoms with E-state index in [-0.39, 0.29) is 32.0 Å². The molecule has 0 aliphatic carbocycles. The van der Waals surface area contributed by atoms with Gasteiger partial charge in [0.15, 0.2) is 0 Å². The minimum absolute atomic E-state index is 0.0745. The van der Waals surface area contributed by atoms with Crippen molar-refractivity contribution in [1.29, 1.82) is 0 Å². The first-order valence-corrected chi connectivity index (χ1v) is 9.31. The number of nitrogens with zero attached hydrogens (tertiary/aromatic N) is 2. The number of hydrogen-bond donors (Lipinski definition) is 2. The number of methoxy groups -OCH3 is 2. The molecular weight excluding hydrogens is 406 g/mol. The molecule has 0 aliphatic heterocycles. The lowest BCUT2D eigenvalue weighted by Gasteiger charge is -2.21. The summed E-state index contributed by atoms with van der Waals surface area (Å²) in [5.74, 6) is 1.02. The summed E-state index contributed by atoms with van der Waals surface area (Å²) in [5, 5.41) is 11.4. The molecule has 1 amide bonds. The van der Waals surface area contributed by atoms with Crippen LogP contribution in [-0.2, 0) is 16.1 Å². The predicted molar refractivity (Wildman–Crippen MR) is 111 cm³/mol. The van der Waals surface area contributed by atoms with Crippen LogP contribution >= 0.6 is 0 Å². The van der Waals surface area contributed by atoms with Gasteiger partial charge >= 0.3 is 12.1 Å². The van der Waals surface area contributed by atoms with Crippen molar-refractivity contribution in [1.82, 2.24) is 4.90 Å². The maximum Gasteiger partial charge on any atom is 0.416 e. The van der Waals surface area contributed by atoms with E-state index in [1.807, 2.05) is 0 Å². The van der Waals surface area contributed by atoms with Crippen molar-refractivity contribution in [2.24, 2.45) is 10.9 Å². The van der Waals surface area contributed by atoms with Crippen LogP contribution in [0.5, 0.6) is 17.2 Å². The predicted octanol–water partition coefficient (Wildman–Crippen LogP) is 2.38. The number of carbonyl (C=O) groups is 2. The van der Waals surface area contributed by atoms with Crippen molar-refractivity contribution < 1.29 is 33.7 Å². The van der Waals surface area contributed by atoms with Crippen molar-refractivity contribution in [3.05, 3.63) is 54.1 Å². The standard InChI is InChI=1S/C21H25N3O7/c1-28-16-7-9-18(10-8-16)31-21(26)24(14-20(25)29-2)13-15-3-5-17(6-4-15)30-12-11-19(22)23-27/h3-10,27H,11-14H2,1-2H3,(H2,22,23). The van der Waals surface area contributed by atoms with Crippen LogP contribution in [-0.4, -0.2) is 55.4 Å². The molecule has 10 heteroatoms. The van der Waals surface area contributed by atoms with Crippen molar-refractivity contribution in [3.8, 4) is 17.2 Å². The number of benzene rings is 2. The molecule has 0 aromatic heterocycles. The summed E-state index contributed by atoms with van der Waals surface area (Å²) in [6, 6.07) is 13.4. The molecule has 0 saturated carbocycles. The first kappa shape index (κ1) is 23.3. The second kappa shape index (κ2) is 11.9. The Labute approximate surface area is 179 Å². The molecule has 10 nitrogen and oxygen atoms in total. The van der Waals surface area contributed by atoms with E-state index < -0.39 is 12.1 Å². The zero-order valence-electron chi connectivity index (χ0n) is 17.3. The summed E-state index contributed by atoms with van der Waals surface area (Å²) in [6.07, 6.45) is -0.419. The van der Waals surface area contributed by atoms with Gasteiger partial charge < -0.3 is 29.9 Å². The third-order valence-electron chi connectivity index (χ3n) is 4.12. The molecule has 0 aliphatic rings. The van der Waals surface area contributed by atoms with Crippen LogP contribution in [0.1, 0.15) is 12.0 Å². The lowest BCUT2D eigenvalue weighted by atomic mass is 10.2. The van der Waals surface area contributed by atoms with Gasteiger partial charge in [0.2, 0.25) is 0 Å². The van der Waals surface area contributed by atoms with E-state index in [1.54, 1.807) is 48.5 Å². The van der Waals surface area contributed by atoms with Gasteiger partial charge in [0.25, 0.3) is 0 Å². The Bertz CT molecular complexity index is 883. The van der Waals surface area contributed by atoms with E-state index in [9.17, 15) is 9.59 Å². The third kappa shape index (κ3) is 7.77. The summed E-state index contributed by atoms with van der Waals surface area (Å²) < 4.78 is 20.6. The quantitative estimate of drug-likeness (QED) is 0.193. The number of carbonyl (C=O) groups excluding carboxylic acids is 2. The molecule has 0 atom stereocenters. The Kier molecular flexibility index (Phi) is 8.96. The number of amides is 1. The summed E-state index contributed by atoms with van der Waals surface area (Å²) in [6.45, 7) is 0.0931. The minimum Gasteiger partial charge on any atom is -0.497 e. The second-order valence-electron chi connectivity index (χ2n) is 6.31. The fourth-order valence-corrected chi connectivity index (χ4v) is 2.45. The highest BCUT2D eigenvalue weighted by Crippen LogP contribution is 2.19. The van der Waals surface area contributed by atoms with Crippen LogP contribution < -0.4 is 19.9 Å². The van der Waals surface area contributed by atoms with Crippen molar-refractivity contribution >= 4 is 17.9 Å². The molecule has 0 saturated heterocycles. The van der Waals surface area contributed by atoms with Crippen LogP contribution in [0.15, 0.2) is 53.7 Å². The average molecular weight is 431 g/mol. The smallest absolute Gasteiger partial charge is 0.416 e. The number of amidine groups is 1. The first-order chi connectivity index (χ1) is 14.9. The van der Waals surface area contributed by atoms with Crippen molar-refractivity contribution in [3.63, 3.8) is 0 Å². The maximum absolute atomic E-state index is 12.6. The zero-order chi connectivity index (χ0) is 22.6. The second-order valence-corrected chi connectivity index (χ2v) is 6.31. The summed E-state index contributed by atoms with van der Waals surface area (Å²) in [4.78, 5) is 25.6. The third-order valence-corrected chi connectivity index (χ3v) is 4.12. The average Bonchev–Trinajstić information content (AvgIpc) is 2.79. The Hall–Kier alpha value is -3.95. The maximum atomic E-state index is 12.6. The molecule has 31 heavy (non-hydrogen) atoms. The van der Waals surface area contributed by atoms with Gasteiger partial charge in [-0.2, -0.15) is 0 Å². The molecule has 0 spiro atoms. The fraction of sp³-hybridized carbons (Fsp3) is 0.286. The van der Waals surface area contributed by atoms with Crippen LogP contribution in [0.25, 0.3) is 0 Å². The van der Waals surface area contributed by atoms with Gasteiger partial charge in [-0.1, -0.05) is 17.3 Å². The van der Waals surface area contributed by atoms with Gasteiger partial charge in [-0.15, -0.1) is 0 Å². The number of oxime groups is 1. The highest BCUT2D eigenvalue weighted by atomic mass is 16.6. The molecule has 3 N–H and O–H groups in total. The van der Waals surface area contributed by atoms with Gasteiger partial charge in [-0.25, -0.2) is 4.79 Å². The molecule has 166 valence electrons. The van der Waals surface area contributed by atoms with E-state index in [0.717, 1.165) is 5.56 Å². The lowest BCUT2D eigenvalue weighted by Crippen LogP contribution is -2.37. The normalized spacial score (nSPS) is 10.8. The monoisotopic (exact) mass is 431 g/mol. The summed E-state index contributed by atoms with van der Waals surface area (Å²) in [7, 11) is 2.78. The molecule has 2 aromatic carbocycles. The fourth-order valence-electron chi connectivity index (χ4n) is 2.45. The van der Waals surface area contributed by atoms with E-state index in [4.69, 9.17) is 25.2 Å². The summed E-state index contributed by atoms with van der Waals surface area (Å²) in [5.41, 5.74) is 6.14. The van der Waals surface area contributed by atoms with Crippen LogP contribution in [0, 0.1) is 0 Å². The zero-order valence-corrected chi connectivity index (χ0v) is 17.3. The molecule has 0 radical (unpaired) electrons. The van der Waals surface area contributed by atoms with Gasteiger partial charge in [-0.05, 0) is 42.0 Å². The van der Waals surface area contributed by atoms with E-state index >= 15 is 0 Å². The number of ether oxygens (including phenoxy) is 4. The topological polar surface area (TPSA) is 133 Å². The van der Waals surface area contributed by atoms with Crippen LogP contribution in [0.2, 0.25) is 0 Å². The molecule has 2 aromatic rings. The molecular formula is C21H25N3O7. The van der Waals surface area contributed by atoms with Crippen molar-refractivity contribution in [2.45, 2.75) is 13.0 Å². The Balaban J connectivity index is 2.02. The number of nitrogens with two attached hydrogens (primary N) is 1. The SMILES string of the molecule is COC(=O)CN(Cc1ccc(OCC/C(N)=N/O)cc1)C(=O)Oc1ccc(OC)cc1. The van der Waals surface area contributed by atoms with Gasteiger partial charge in [0.05, 0.1) is 20.8 Å². The van der Waals surface area contributed by atoms with Crippen LogP contribution in [0.4, 0.5) is 4.79 Å². The van der Waals surface area contributed by atoms with E-state index in [1.165, 1.54) is 19.1 Å². The molecule has 0 fully saturated rings.